The molecule has 0 unspecified atom stereocenters. The van der Waals surface area contributed by atoms with Gasteiger partial charge in [-0.15, -0.1) is 0 Å². The van der Waals surface area contributed by atoms with Crippen LogP contribution < -0.4 is 10.2 Å². The average Bonchev–Trinajstić information content (AvgIpc) is 2.78. The molecule has 1 N–H and O–H groups in total. The van der Waals surface area contributed by atoms with Gasteiger partial charge in [-0.05, 0) is 42.3 Å². The minimum atomic E-state index is -0.411. The van der Waals surface area contributed by atoms with Gasteiger partial charge in [-0.1, -0.05) is 68.7 Å². The quantitative estimate of drug-likeness (QED) is 0.334. The Balaban J connectivity index is 1.77. The number of amides is 1. The van der Waals surface area contributed by atoms with E-state index in [4.69, 9.17) is 0 Å². The first-order valence-corrected chi connectivity index (χ1v) is 10.5. The van der Waals surface area contributed by atoms with Crippen molar-refractivity contribution in [3.8, 4) is 6.07 Å². The lowest BCUT2D eigenvalue weighted by molar-refractivity contribution is -0.112. The number of fused-ring (bicyclic) bond motifs is 1. The minimum absolute atomic E-state index is 0.0687. The maximum atomic E-state index is 12.4. The van der Waals surface area contributed by atoms with Gasteiger partial charge >= 0.3 is 0 Å². The number of nitrogens with zero attached hydrogens (tertiary/aromatic N) is 2. The summed E-state index contributed by atoms with van der Waals surface area (Å²) in [5.41, 5.74) is 3.98. The van der Waals surface area contributed by atoms with Crippen LogP contribution in [0.15, 0.2) is 84.6 Å². The number of hydrogen-bond donors (Lipinski definition) is 1. The lowest BCUT2D eigenvalue weighted by Crippen LogP contribution is -2.21. The van der Waals surface area contributed by atoms with Gasteiger partial charge in [-0.25, -0.2) is 0 Å². The number of benzene rings is 2. The van der Waals surface area contributed by atoms with Crippen LogP contribution in [0.25, 0.3) is 5.57 Å². The third-order valence-electron chi connectivity index (χ3n) is 5.04. The van der Waals surface area contributed by atoms with E-state index in [1.54, 1.807) is 18.2 Å². The number of carbonyl (C=O) groups is 1. The Kier molecular flexibility index (Phi) is 7.63. The molecular weight excluding hydrogens is 370 g/mol. The highest BCUT2D eigenvalue weighted by atomic mass is 16.1. The fraction of sp³-hybridized carbons (Fsp3) is 0.231. The van der Waals surface area contributed by atoms with Gasteiger partial charge in [0, 0.05) is 29.7 Å². The summed E-state index contributed by atoms with van der Waals surface area (Å²) < 4.78 is 0. The monoisotopic (exact) mass is 397 g/mol. The summed E-state index contributed by atoms with van der Waals surface area (Å²) in [6, 6.07) is 19.4. The fourth-order valence-electron chi connectivity index (χ4n) is 3.41. The summed E-state index contributed by atoms with van der Waals surface area (Å²) in [6.45, 7) is 3.20. The smallest absolute Gasteiger partial charge is 0.266 e. The zero-order valence-corrected chi connectivity index (χ0v) is 17.3. The molecule has 0 spiro atoms. The Bertz CT molecular complexity index is 996. The van der Waals surface area contributed by atoms with Crippen LogP contribution in [0.3, 0.4) is 0 Å². The van der Waals surface area contributed by atoms with E-state index >= 15 is 0 Å². The van der Waals surface area contributed by atoms with Crippen LogP contribution >= 0.6 is 0 Å². The highest BCUT2D eigenvalue weighted by molar-refractivity contribution is 6.07. The first-order valence-electron chi connectivity index (χ1n) is 10.5. The van der Waals surface area contributed by atoms with E-state index in [0.717, 1.165) is 29.8 Å². The zero-order valence-electron chi connectivity index (χ0n) is 17.3. The molecule has 4 nitrogen and oxygen atoms in total. The van der Waals surface area contributed by atoms with Crippen LogP contribution in [0, 0.1) is 11.3 Å². The molecule has 0 fully saturated rings. The van der Waals surface area contributed by atoms with Crippen molar-refractivity contribution in [3.05, 3.63) is 90.2 Å². The van der Waals surface area contributed by atoms with Crippen molar-refractivity contribution in [2.75, 3.05) is 16.8 Å². The molecule has 0 aromatic heterocycles. The third-order valence-corrected chi connectivity index (χ3v) is 5.04. The second-order valence-corrected chi connectivity index (χ2v) is 7.22. The Labute approximate surface area is 178 Å². The van der Waals surface area contributed by atoms with Crippen LogP contribution in [0.1, 0.15) is 38.2 Å². The summed E-state index contributed by atoms with van der Waals surface area (Å²) in [7, 11) is 0. The minimum Gasteiger partial charge on any atom is -0.347 e. The molecule has 152 valence electrons. The second kappa shape index (κ2) is 10.8. The molecular formula is C26H27N3O. The maximum Gasteiger partial charge on any atom is 0.266 e. The third kappa shape index (κ3) is 5.48. The molecule has 1 heterocycles. The molecule has 3 rings (SSSR count). The molecule has 0 aliphatic carbocycles. The summed E-state index contributed by atoms with van der Waals surface area (Å²) in [5.74, 6) is -0.411. The molecule has 2 aromatic rings. The van der Waals surface area contributed by atoms with Crippen molar-refractivity contribution in [3.63, 3.8) is 0 Å². The van der Waals surface area contributed by atoms with E-state index in [0.29, 0.717) is 5.69 Å². The van der Waals surface area contributed by atoms with E-state index < -0.39 is 5.91 Å². The number of rotatable bonds is 8. The van der Waals surface area contributed by atoms with Crippen molar-refractivity contribution in [2.45, 2.75) is 32.6 Å². The molecule has 2 aromatic carbocycles. The summed E-state index contributed by atoms with van der Waals surface area (Å²) >= 11 is 0. The Morgan fingerprint density at radius 3 is 2.60 bits per heavy atom. The van der Waals surface area contributed by atoms with Crippen molar-refractivity contribution in [1.29, 1.82) is 5.26 Å². The predicted octanol–water partition coefficient (Wildman–Crippen LogP) is 6.07. The highest BCUT2D eigenvalue weighted by Gasteiger charge is 2.15. The van der Waals surface area contributed by atoms with Crippen molar-refractivity contribution >= 4 is 22.9 Å². The summed E-state index contributed by atoms with van der Waals surface area (Å²) in [4.78, 5) is 14.7. The normalized spacial score (nSPS) is 14.3. The van der Waals surface area contributed by atoms with E-state index in [9.17, 15) is 10.1 Å². The van der Waals surface area contributed by atoms with Crippen LogP contribution in [-0.4, -0.2) is 12.5 Å². The summed E-state index contributed by atoms with van der Waals surface area (Å²) in [6.07, 6.45) is 12.4. The van der Waals surface area contributed by atoms with Crippen LogP contribution in [0.4, 0.5) is 11.4 Å². The number of carbonyl (C=O) groups excluding carboxylic acids is 1. The number of nitriles is 1. The standard InChI is InChI=1S/C26H27N3O/c1-2-3-4-10-18-29-19-17-21(24-13-8-9-14-25(24)29)15-16-22(20-27)26(30)28-23-11-6-5-7-12-23/h5-9,11-17,19H,2-4,10,18H2,1H3,(H,28,30)/b21-15?,22-16-. The number of unbranched alkanes of at least 4 members (excludes halogenated alkanes) is 3. The van der Waals surface area contributed by atoms with E-state index in [1.165, 1.54) is 19.3 Å². The van der Waals surface area contributed by atoms with Gasteiger partial charge in [0.1, 0.15) is 11.6 Å². The molecule has 0 radical (unpaired) electrons. The first-order chi connectivity index (χ1) is 14.7. The lowest BCUT2D eigenvalue weighted by Gasteiger charge is -2.27. The number of allylic oxidation sites excluding steroid dienone is 4. The lowest BCUT2D eigenvalue weighted by atomic mass is 9.98. The van der Waals surface area contributed by atoms with Crippen molar-refractivity contribution in [2.24, 2.45) is 0 Å². The number of para-hydroxylation sites is 2. The second-order valence-electron chi connectivity index (χ2n) is 7.22. The van der Waals surface area contributed by atoms with Gasteiger partial charge in [0.15, 0.2) is 0 Å². The van der Waals surface area contributed by atoms with Gasteiger partial charge in [-0.3, -0.25) is 4.79 Å². The largest absolute Gasteiger partial charge is 0.347 e. The van der Waals surface area contributed by atoms with Gasteiger partial charge in [-0.2, -0.15) is 5.26 Å². The van der Waals surface area contributed by atoms with E-state index in [1.807, 2.05) is 48.6 Å². The first kappa shape index (κ1) is 21.1. The summed E-state index contributed by atoms with van der Waals surface area (Å²) in [5, 5.41) is 12.2. The van der Waals surface area contributed by atoms with Crippen LogP contribution in [0.2, 0.25) is 0 Å². The van der Waals surface area contributed by atoms with Crippen molar-refractivity contribution in [1.82, 2.24) is 0 Å². The molecule has 1 aliphatic heterocycles. The molecule has 1 amide bonds. The highest BCUT2D eigenvalue weighted by Crippen LogP contribution is 2.33. The predicted molar refractivity (Wildman–Crippen MR) is 124 cm³/mol. The molecule has 0 saturated heterocycles. The maximum absolute atomic E-state index is 12.4. The van der Waals surface area contributed by atoms with Gasteiger partial charge in [0.25, 0.3) is 5.91 Å². The van der Waals surface area contributed by atoms with Gasteiger partial charge in [0.2, 0.25) is 0 Å². The Morgan fingerprint density at radius 1 is 1.07 bits per heavy atom. The van der Waals surface area contributed by atoms with Crippen molar-refractivity contribution < 1.29 is 4.79 Å². The van der Waals surface area contributed by atoms with Gasteiger partial charge in [0.05, 0.1) is 0 Å². The topological polar surface area (TPSA) is 56.1 Å². The fourth-order valence-corrected chi connectivity index (χ4v) is 3.41. The molecule has 4 heteroatoms. The SMILES string of the molecule is CCCCCCN1C=CC(=C/C=C(/C#N)C(=O)Nc2ccccc2)c2ccccc21. The van der Waals surface area contributed by atoms with E-state index in [-0.39, 0.29) is 5.57 Å². The average molecular weight is 398 g/mol. The number of anilines is 2. The number of nitrogens with one attached hydrogen (secondary N) is 1. The van der Waals surface area contributed by atoms with E-state index in [2.05, 4.69) is 35.5 Å². The van der Waals surface area contributed by atoms with Crippen LogP contribution in [0.5, 0.6) is 0 Å². The van der Waals surface area contributed by atoms with Crippen LogP contribution in [-0.2, 0) is 4.79 Å². The zero-order chi connectivity index (χ0) is 21.2. The molecule has 1 aliphatic rings. The Hall–Kier alpha value is -3.58. The van der Waals surface area contributed by atoms with Gasteiger partial charge < -0.3 is 10.2 Å². The Morgan fingerprint density at radius 2 is 1.83 bits per heavy atom. The molecule has 0 atom stereocenters. The number of hydrogen-bond acceptors (Lipinski definition) is 3. The molecule has 0 bridgehead atoms. The molecule has 0 saturated carbocycles. The molecule has 30 heavy (non-hydrogen) atoms.